The molecule has 10 heteroatoms. The van der Waals surface area contributed by atoms with Gasteiger partial charge in [-0.15, -0.1) is 0 Å². The highest BCUT2D eigenvalue weighted by Gasteiger charge is 2.55. The Bertz CT molecular complexity index is 1100. The van der Waals surface area contributed by atoms with Crippen molar-refractivity contribution in [1.82, 2.24) is 9.21 Å². The van der Waals surface area contributed by atoms with Gasteiger partial charge in [0, 0.05) is 25.1 Å². The number of likely N-dealkylation sites (tertiary alicyclic amines) is 1. The van der Waals surface area contributed by atoms with Crippen LogP contribution in [0.1, 0.15) is 18.4 Å². The molecule has 1 aromatic heterocycles. The van der Waals surface area contributed by atoms with Crippen molar-refractivity contribution in [3.63, 3.8) is 0 Å². The molecule has 2 aliphatic rings. The number of ketones is 1. The summed E-state index contributed by atoms with van der Waals surface area (Å²) in [7, 11) is -3.98. The molecule has 2 atom stereocenters. The molecular weight excluding hydrogens is 408 g/mol. The number of aryl methyl sites for hydroxylation is 1. The van der Waals surface area contributed by atoms with Crippen molar-refractivity contribution in [3.05, 3.63) is 54.2 Å². The van der Waals surface area contributed by atoms with Gasteiger partial charge >= 0.3 is 15.0 Å². The average Bonchev–Trinajstić information content (AvgIpc) is 3.28. The van der Waals surface area contributed by atoms with Gasteiger partial charge in [-0.1, -0.05) is 16.8 Å². The number of phenolic OH excluding ortho intramolecular Hbond substituents is 1. The first-order valence-corrected chi connectivity index (χ1v) is 11.1. The van der Waals surface area contributed by atoms with E-state index in [0.717, 1.165) is 10.2 Å². The number of aromatic hydroxyl groups is 1. The molecule has 9 nitrogen and oxygen atoms in total. The van der Waals surface area contributed by atoms with Crippen molar-refractivity contribution in [2.24, 2.45) is 0 Å². The van der Waals surface area contributed by atoms with Gasteiger partial charge in [0.2, 0.25) is 12.1 Å². The van der Waals surface area contributed by atoms with E-state index in [4.69, 9.17) is 5.84 Å². The number of nitrogens with two attached hydrogens (primary N) is 1. The Morgan fingerprint density at radius 3 is 2.77 bits per heavy atom. The second-order valence-electron chi connectivity index (χ2n) is 7.52. The van der Waals surface area contributed by atoms with E-state index >= 15 is 0 Å². The third kappa shape index (κ3) is 3.52. The van der Waals surface area contributed by atoms with Gasteiger partial charge in [-0.25, -0.2) is 14.3 Å². The second kappa shape index (κ2) is 7.69. The zero-order chi connectivity index (χ0) is 21.5. The Kier molecular flexibility index (Phi) is 5.20. The quantitative estimate of drug-likeness (QED) is 0.489. The lowest BCUT2D eigenvalue weighted by molar-refractivity contribution is -0.678. The molecule has 0 radical (unpaired) electrons. The molecule has 1 aromatic carbocycles. The summed E-state index contributed by atoms with van der Waals surface area (Å²) in [6, 6.07) is 9.88. The molecule has 2 unspecified atom stereocenters. The number of sulfonamides is 1. The maximum absolute atomic E-state index is 13.1. The van der Waals surface area contributed by atoms with Gasteiger partial charge in [-0.3, -0.25) is 9.59 Å². The first-order chi connectivity index (χ1) is 14.3. The predicted molar refractivity (Wildman–Crippen MR) is 106 cm³/mol. The largest absolute Gasteiger partial charge is 0.508 e. The lowest BCUT2D eigenvalue weighted by Gasteiger charge is -2.23. The number of rotatable bonds is 5. The number of carbonyl (C=O) groups excluding carboxylic acids is 2. The molecule has 2 fully saturated rings. The number of nitrogens with zero attached hydrogens (tertiary/aromatic N) is 3. The number of Topliss-reactive ketones (excluding diaryl/α,β-unsaturated/α-hetero) is 1. The highest BCUT2D eigenvalue weighted by molar-refractivity contribution is 7.89. The molecule has 0 aliphatic carbocycles. The number of hydrogen-bond donors (Lipinski definition) is 2. The van der Waals surface area contributed by atoms with Crippen LogP contribution in [0.2, 0.25) is 0 Å². The molecule has 4 rings (SSSR count). The maximum atomic E-state index is 13.1. The van der Waals surface area contributed by atoms with Crippen LogP contribution < -0.4 is 10.5 Å². The Morgan fingerprint density at radius 2 is 2.03 bits per heavy atom. The summed E-state index contributed by atoms with van der Waals surface area (Å²) >= 11 is 0. The van der Waals surface area contributed by atoms with Crippen LogP contribution in [0.25, 0.3) is 0 Å². The van der Waals surface area contributed by atoms with E-state index in [2.05, 4.69) is 0 Å². The smallest absolute Gasteiger partial charge is 0.340 e. The van der Waals surface area contributed by atoms with E-state index in [-0.39, 0.29) is 35.4 Å². The van der Waals surface area contributed by atoms with E-state index in [1.54, 1.807) is 30.3 Å². The van der Waals surface area contributed by atoms with Gasteiger partial charge in [-0.2, -0.15) is 4.31 Å². The summed E-state index contributed by atoms with van der Waals surface area (Å²) in [6.07, 6.45) is 2.42. The van der Waals surface area contributed by atoms with E-state index < -0.39 is 22.1 Å². The molecule has 2 saturated heterocycles. The molecule has 3 heterocycles. The van der Waals surface area contributed by atoms with Gasteiger partial charge < -0.3 is 10.0 Å². The fourth-order valence-corrected chi connectivity index (χ4v) is 5.95. The summed E-state index contributed by atoms with van der Waals surface area (Å²) in [5.74, 6) is 5.41. The lowest BCUT2D eigenvalue weighted by Crippen LogP contribution is -2.52. The Balaban J connectivity index is 1.50. The van der Waals surface area contributed by atoms with Crippen molar-refractivity contribution < 1.29 is 27.8 Å². The molecule has 158 valence electrons. The van der Waals surface area contributed by atoms with E-state index in [9.17, 15) is 23.1 Å². The van der Waals surface area contributed by atoms with E-state index in [0.29, 0.717) is 19.4 Å². The van der Waals surface area contributed by atoms with Crippen LogP contribution in [0.3, 0.4) is 0 Å². The van der Waals surface area contributed by atoms with Crippen molar-refractivity contribution in [2.45, 2.75) is 36.4 Å². The minimum Gasteiger partial charge on any atom is -0.508 e. The number of hydrogen-bond acceptors (Lipinski definition) is 6. The Morgan fingerprint density at radius 1 is 1.23 bits per heavy atom. The number of benzene rings is 1. The number of fused-ring (bicyclic) bond motifs is 1. The molecule has 2 aliphatic heterocycles. The van der Waals surface area contributed by atoms with Crippen LogP contribution in [-0.4, -0.2) is 59.6 Å². The SMILES string of the molecule is N[n+]1ccccc1S(=O)(=O)N1CC(=O)C2C1CCN2C(=O)CCc1cccc(O)c1. The average molecular weight is 431 g/mol. The summed E-state index contributed by atoms with van der Waals surface area (Å²) in [6.45, 7) is 0.0479. The van der Waals surface area contributed by atoms with Gasteiger partial charge in [0.15, 0.2) is 5.78 Å². The number of pyridine rings is 1. The molecule has 3 N–H and O–H groups in total. The zero-order valence-corrected chi connectivity index (χ0v) is 17.0. The van der Waals surface area contributed by atoms with Gasteiger partial charge in [0.05, 0.1) is 12.6 Å². The Labute approximate surface area is 174 Å². The number of nitrogen functional groups attached to an aromatic ring is 1. The number of carbonyl (C=O) groups is 2. The Hall–Kier alpha value is -2.98. The highest BCUT2D eigenvalue weighted by atomic mass is 32.2. The van der Waals surface area contributed by atoms with Crippen molar-refractivity contribution in [1.29, 1.82) is 0 Å². The van der Waals surface area contributed by atoms with Crippen LogP contribution in [-0.2, 0) is 26.0 Å². The monoisotopic (exact) mass is 431 g/mol. The van der Waals surface area contributed by atoms with Gasteiger partial charge in [0.25, 0.3) is 0 Å². The fourth-order valence-electron chi connectivity index (χ4n) is 4.26. The second-order valence-corrected chi connectivity index (χ2v) is 9.36. The van der Waals surface area contributed by atoms with E-state index in [1.807, 2.05) is 6.07 Å². The third-order valence-electron chi connectivity index (χ3n) is 5.66. The van der Waals surface area contributed by atoms with Crippen LogP contribution in [0.5, 0.6) is 5.75 Å². The van der Waals surface area contributed by atoms with E-state index in [1.165, 1.54) is 21.5 Å². The van der Waals surface area contributed by atoms with Crippen molar-refractivity contribution in [2.75, 3.05) is 18.9 Å². The zero-order valence-electron chi connectivity index (χ0n) is 16.2. The van der Waals surface area contributed by atoms with Crippen LogP contribution in [0.15, 0.2) is 53.7 Å². The van der Waals surface area contributed by atoms with Crippen LogP contribution >= 0.6 is 0 Å². The fraction of sp³-hybridized carbons (Fsp3) is 0.350. The minimum atomic E-state index is -3.98. The molecule has 2 aromatic rings. The van der Waals surface area contributed by atoms with Crippen LogP contribution in [0, 0.1) is 0 Å². The van der Waals surface area contributed by atoms with Crippen LogP contribution in [0.4, 0.5) is 0 Å². The van der Waals surface area contributed by atoms with Gasteiger partial charge in [0.1, 0.15) is 11.8 Å². The molecule has 0 bridgehead atoms. The maximum Gasteiger partial charge on any atom is 0.340 e. The molecule has 30 heavy (non-hydrogen) atoms. The topological polar surface area (TPSA) is 125 Å². The standard InChI is InChI=1S/C20H22N4O5S/c21-23-10-2-1-6-19(23)30(28,29)24-13-17(26)20-16(24)9-11-22(20)18(27)8-7-14-4-3-5-15(25)12-14/h1-6,10,12,16,20H,7-9,11,13,21H2/p+1. The highest BCUT2D eigenvalue weighted by Crippen LogP contribution is 2.33. The molecule has 1 amide bonds. The van der Waals surface area contributed by atoms with Crippen molar-refractivity contribution >= 4 is 21.7 Å². The number of amides is 1. The first kappa shape index (κ1) is 20.3. The normalized spacial score (nSPS) is 21.7. The number of phenols is 1. The first-order valence-electron chi connectivity index (χ1n) is 9.67. The molecule has 0 spiro atoms. The lowest BCUT2D eigenvalue weighted by atomic mass is 10.1. The predicted octanol–water partition coefficient (Wildman–Crippen LogP) is -0.431. The molecule has 0 saturated carbocycles. The molecular formula is C20H23N4O5S+. The summed E-state index contributed by atoms with van der Waals surface area (Å²) in [4.78, 5) is 27.0. The van der Waals surface area contributed by atoms with Crippen molar-refractivity contribution in [3.8, 4) is 5.75 Å². The summed E-state index contributed by atoms with van der Waals surface area (Å²) < 4.78 is 28.4. The minimum absolute atomic E-state index is 0.105. The summed E-state index contributed by atoms with van der Waals surface area (Å²) in [5.41, 5.74) is 0.817. The van der Waals surface area contributed by atoms with Gasteiger partial charge in [-0.05, 0) is 36.6 Å². The number of aromatic nitrogens is 1. The summed E-state index contributed by atoms with van der Waals surface area (Å²) in [5, 5.41) is 9.45. The third-order valence-corrected chi connectivity index (χ3v) is 7.55.